The van der Waals surface area contributed by atoms with E-state index >= 15 is 0 Å². The first kappa shape index (κ1) is 20.9. The van der Waals surface area contributed by atoms with E-state index in [4.69, 9.17) is 10.3 Å². The van der Waals surface area contributed by atoms with E-state index in [0.29, 0.717) is 18.6 Å². The SMILES string of the molecule is NC1CCC(CC2CCC(NCCS(=O)(=O)O)CC2)CC1.[H-].[Na+]. The van der Waals surface area contributed by atoms with Gasteiger partial charge in [0.2, 0.25) is 0 Å². The van der Waals surface area contributed by atoms with Crippen LogP contribution in [0.3, 0.4) is 0 Å². The molecule has 2 fully saturated rings. The fourth-order valence-corrected chi connectivity index (χ4v) is 4.27. The second kappa shape index (κ2) is 9.97. The molecule has 2 rings (SSSR count). The Morgan fingerprint density at radius 2 is 1.50 bits per heavy atom. The van der Waals surface area contributed by atoms with Gasteiger partial charge in [-0.05, 0) is 69.6 Å². The summed E-state index contributed by atoms with van der Waals surface area (Å²) in [5.74, 6) is 1.53. The van der Waals surface area contributed by atoms with Crippen LogP contribution in [0.4, 0.5) is 0 Å². The molecular weight excluding hydrogens is 311 g/mol. The van der Waals surface area contributed by atoms with Crippen LogP contribution in [-0.4, -0.2) is 37.4 Å². The summed E-state index contributed by atoms with van der Waals surface area (Å²) in [5.41, 5.74) is 5.96. The summed E-state index contributed by atoms with van der Waals surface area (Å²) in [6, 6.07) is 0.853. The van der Waals surface area contributed by atoms with Crippen molar-refractivity contribution in [2.75, 3.05) is 12.3 Å². The van der Waals surface area contributed by atoms with Crippen LogP contribution in [0.1, 0.15) is 59.2 Å². The van der Waals surface area contributed by atoms with Crippen LogP contribution in [0.5, 0.6) is 0 Å². The van der Waals surface area contributed by atoms with E-state index in [1.165, 1.54) is 44.9 Å². The van der Waals surface area contributed by atoms with Crippen molar-refractivity contribution in [3.05, 3.63) is 0 Å². The molecule has 0 aliphatic heterocycles. The molecule has 0 radical (unpaired) electrons. The van der Waals surface area contributed by atoms with Crippen molar-refractivity contribution in [2.45, 2.75) is 69.9 Å². The zero-order valence-corrected chi connectivity index (χ0v) is 16.7. The molecule has 0 atom stereocenters. The summed E-state index contributed by atoms with van der Waals surface area (Å²) in [4.78, 5) is 0. The Morgan fingerprint density at radius 3 is 2.00 bits per heavy atom. The van der Waals surface area contributed by atoms with Crippen molar-refractivity contribution in [1.82, 2.24) is 5.32 Å². The van der Waals surface area contributed by atoms with Gasteiger partial charge >= 0.3 is 29.6 Å². The summed E-state index contributed by atoms with van der Waals surface area (Å²) in [6.07, 6.45) is 11.1. The van der Waals surface area contributed by atoms with Gasteiger partial charge in [-0.2, -0.15) is 8.42 Å². The van der Waals surface area contributed by atoms with Gasteiger partial charge in [-0.3, -0.25) is 4.55 Å². The molecule has 2 aliphatic carbocycles. The Balaban J connectivity index is 0.00000242. The van der Waals surface area contributed by atoms with E-state index in [9.17, 15) is 8.42 Å². The molecule has 4 N–H and O–H groups in total. The van der Waals surface area contributed by atoms with Crippen LogP contribution in [0.15, 0.2) is 0 Å². The number of hydrogen-bond donors (Lipinski definition) is 3. The van der Waals surface area contributed by atoms with Crippen LogP contribution in [0.25, 0.3) is 0 Å². The van der Waals surface area contributed by atoms with Crippen molar-refractivity contribution >= 4 is 10.1 Å². The van der Waals surface area contributed by atoms with Gasteiger partial charge in [0.1, 0.15) is 0 Å². The fourth-order valence-electron chi connectivity index (χ4n) is 3.89. The maximum atomic E-state index is 10.7. The average molecular weight is 342 g/mol. The molecule has 0 aromatic rings. The van der Waals surface area contributed by atoms with Crippen LogP contribution in [-0.2, 0) is 10.1 Å². The first-order valence-electron chi connectivity index (χ1n) is 8.36. The molecule has 22 heavy (non-hydrogen) atoms. The largest absolute Gasteiger partial charge is 1.00 e. The first-order chi connectivity index (χ1) is 9.92. The Morgan fingerprint density at radius 1 is 1.00 bits per heavy atom. The van der Waals surface area contributed by atoms with Crippen molar-refractivity contribution < 1.29 is 44.0 Å². The molecule has 5 nitrogen and oxygen atoms in total. The zero-order chi connectivity index (χ0) is 15.3. The van der Waals surface area contributed by atoms with Crippen LogP contribution >= 0.6 is 0 Å². The quantitative estimate of drug-likeness (QED) is 0.427. The maximum absolute atomic E-state index is 10.7. The normalized spacial score (nSPS) is 33.2. The molecule has 0 spiro atoms. The summed E-state index contributed by atoms with van der Waals surface area (Å²) in [6.45, 7) is 0.356. The summed E-state index contributed by atoms with van der Waals surface area (Å²) in [5, 5.41) is 3.25. The number of nitrogens with two attached hydrogens (primary N) is 1. The van der Waals surface area contributed by atoms with E-state index in [-0.39, 0.29) is 36.7 Å². The average Bonchev–Trinajstić information content (AvgIpc) is 2.42. The minimum Gasteiger partial charge on any atom is -1.00 e. The van der Waals surface area contributed by atoms with Crippen molar-refractivity contribution in [3.63, 3.8) is 0 Å². The molecule has 0 saturated heterocycles. The molecule has 0 unspecified atom stereocenters. The van der Waals surface area contributed by atoms with E-state index in [1.807, 2.05) is 0 Å². The second-order valence-electron chi connectivity index (χ2n) is 6.97. The fraction of sp³-hybridized carbons (Fsp3) is 1.00. The Bertz CT molecular complexity index is 409. The van der Waals surface area contributed by atoms with Gasteiger partial charge in [-0.1, -0.05) is 0 Å². The van der Waals surface area contributed by atoms with E-state index < -0.39 is 10.1 Å². The Hall–Kier alpha value is 0.830. The van der Waals surface area contributed by atoms with Gasteiger partial charge in [0.15, 0.2) is 0 Å². The van der Waals surface area contributed by atoms with E-state index in [0.717, 1.165) is 24.7 Å². The molecule has 126 valence electrons. The summed E-state index contributed by atoms with van der Waals surface area (Å²) in [7, 11) is -3.83. The van der Waals surface area contributed by atoms with E-state index in [1.54, 1.807) is 0 Å². The van der Waals surface area contributed by atoms with E-state index in [2.05, 4.69) is 5.32 Å². The number of hydrogen-bond acceptors (Lipinski definition) is 4. The van der Waals surface area contributed by atoms with Crippen LogP contribution in [0.2, 0.25) is 0 Å². The molecule has 0 aromatic carbocycles. The van der Waals surface area contributed by atoms with Gasteiger partial charge in [-0.15, -0.1) is 0 Å². The smallest absolute Gasteiger partial charge is 1.00 e. The molecule has 0 amide bonds. The van der Waals surface area contributed by atoms with Gasteiger partial charge in [-0.25, -0.2) is 0 Å². The second-order valence-corrected chi connectivity index (χ2v) is 8.55. The Labute approximate surface area is 158 Å². The predicted octanol–water partition coefficient (Wildman–Crippen LogP) is -0.953. The summed E-state index contributed by atoms with van der Waals surface area (Å²) >= 11 is 0. The van der Waals surface area contributed by atoms with Gasteiger partial charge in [0.25, 0.3) is 10.1 Å². The topological polar surface area (TPSA) is 92.4 Å². The molecule has 0 aromatic heterocycles. The number of rotatable bonds is 6. The van der Waals surface area contributed by atoms with Crippen molar-refractivity contribution in [1.29, 1.82) is 0 Å². The van der Waals surface area contributed by atoms with Crippen molar-refractivity contribution in [3.8, 4) is 0 Å². The third-order valence-electron chi connectivity index (χ3n) is 5.20. The molecule has 0 bridgehead atoms. The Kier molecular flexibility index (Phi) is 9.46. The summed E-state index contributed by atoms with van der Waals surface area (Å²) < 4.78 is 30.1. The monoisotopic (exact) mass is 342 g/mol. The van der Waals surface area contributed by atoms with Gasteiger partial charge in [0, 0.05) is 18.6 Å². The molecule has 7 heteroatoms. The molecule has 2 saturated carbocycles. The predicted molar refractivity (Wildman–Crippen MR) is 85.8 cm³/mol. The van der Waals surface area contributed by atoms with Crippen molar-refractivity contribution in [2.24, 2.45) is 17.6 Å². The standard InChI is InChI=1S/C15H30N2O3S.Na.H/c16-14-5-1-12(2-6-14)11-13-3-7-15(8-4-13)17-9-10-21(18,19)20;;/h12-15,17H,1-11,16H2,(H,18,19,20);;/q;+1;-1. The van der Waals surface area contributed by atoms with Crippen LogP contribution < -0.4 is 40.6 Å². The van der Waals surface area contributed by atoms with Gasteiger partial charge in [0.05, 0.1) is 5.75 Å². The number of nitrogens with one attached hydrogen (secondary N) is 1. The van der Waals surface area contributed by atoms with Crippen LogP contribution in [0, 0.1) is 11.8 Å². The minimum absolute atomic E-state index is 0. The maximum Gasteiger partial charge on any atom is 1.00 e. The molecule has 0 heterocycles. The third kappa shape index (κ3) is 8.08. The minimum atomic E-state index is -3.83. The molecular formula is C15H31N2NaO3S. The first-order valence-corrected chi connectivity index (χ1v) is 9.97. The molecule has 2 aliphatic rings. The third-order valence-corrected chi connectivity index (χ3v) is 5.92. The zero-order valence-electron chi connectivity index (χ0n) is 14.8. The van der Waals surface area contributed by atoms with Gasteiger partial charge < -0.3 is 12.5 Å².